The molecule has 2 aromatic rings. The minimum absolute atomic E-state index is 0.190. The van der Waals surface area contributed by atoms with E-state index in [4.69, 9.17) is 9.47 Å². The highest BCUT2D eigenvalue weighted by atomic mass is 19.2. The van der Waals surface area contributed by atoms with E-state index in [1.807, 2.05) is 0 Å². The SMILES string of the molecule is CC(Nc1ccc2c(c1)OCCO2)C(=O)Nc1ccc(F)c(F)c1. The van der Waals surface area contributed by atoms with Gasteiger partial charge in [0.25, 0.3) is 0 Å². The van der Waals surface area contributed by atoms with Gasteiger partial charge < -0.3 is 20.1 Å². The molecule has 0 radical (unpaired) electrons. The largest absolute Gasteiger partial charge is 0.486 e. The van der Waals surface area contributed by atoms with Gasteiger partial charge in [0.1, 0.15) is 19.3 Å². The van der Waals surface area contributed by atoms with Gasteiger partial charge in [-0.2, -0.15) is 0 Å². The van der Waals surface area contributed by atoms with E-state index in [1.54, 1.807) is 25.1 Å². The van der Waals surface area contributed by atoms with Crippen molar-refractivity contribution in [2.24, 2.45) is 0 Å². The minimum Gasteiger partial charge on any atom is -0.486 e. The predicted octanol–water partition coefficient (Wildman–Crippen LogP) is 3.18. The van der Waals surface area contributed by atoms with Crippen LogP contribution in [-0.2, 0) is 4.79 Å². The van der Waals surface area contributed by atoms with E-state index in [1.165, 1.54) is 6.07 Å². The molecule has 5 nitrogen and oxygen atoms in total. The highest BCUT2D eigenvalue weighted by Crippen LogP contribution is 2.32. The lowest BCUT2D eigenvalue weighted by molar-refractivity contribution is -0.116. The first-order chi connectivity index (χ1) is 11.5. The number of rotatable bonds is 4. The average Bonchev–Trinajstić information content (AvgIpc) is 2.58. The van der Waals surface area contributed by atoms with Crippen LogP contribution in [0.3, 0.4) is 0 Å². The molecule has 2 N–H and O–H groups in total. The third-order valence-corrected chi connectivity index (χ3v) is 3.51. The number of benzene rings is 2. The fourth-order valence-electron chi connectivity index (χ4n) is 2.27. The molecule has 0 fully saturated rings. The highest BCUT2D eigenvalue weighted by molar-refractivity contribution is 5.96. The van der Waals surface area contributed by atoms with E-state index in [2.05, 4.69) is 10.6 Å². The number of fused-ring (bicyclic) bond motifs is 1. The zero-order valence-corrected chi connectivity index (χ0v) is 12.9. The maximum atomic E-state index is 13.2. The molecule has 0 bridgehead atoms. The summed E-state index contributed by atoms with van der Waals surface area (Å²) in [6.45, 7) is 2.64. The molecule has 3 rings (SSSR count). The first-order valence-corrected chi connectivity index (χ1v) is 7.45. The molecule has 1 unspecified atom stereocenters. The second kappa shape index (κ2) is 6.74. The zero-order valence-electron chi connectivity index (χ0n) is 12.9. The zero-order chi connectivity index (χ0) is 17.1. The monoisotopic (exact) mass is 334 g/mol. The Hall–Kier alpha value is -2.83. The average molecular weight is 334 g/mol. The number of carbonyl (C=O) groups is 1. The first kappa shape index (κ1) is 16.0. The predicted molar refractivity (Wildman–Crippen MR) is 85.5 cm³/mol. The molecule has 0 aliphatic carbocycles. The van der Waals surface area contributed by atoms with Crippen LogP contribution in [0, 0.1) is 11.6 Å². The molecule has 126 valence electrons. The Balaban J connectivity index is 1.64. The van der Waals surface area contributed by atoms with Crippen LogP contribution in [0.15, 0.2) is 36.4 Å². The lowest BCUT2D eigenvalue weighted by atomic mass is 10.2. The molecular formula is C17H16F2N2O3. The van der Waals surface area contributed by atoms with Gasteiger partial charge in [0, 0.05) is 23.5 Å². The molecule has 1 aliphatic heterocycles. The number of nitrogens with one attached hydrogen (secondary N) is 2. The fourth-order valence-corrected chi connectivity index (χ4v) is 2.27. The summed E-state index contributed by atoms with van der Waals surface area (Å²) in [5.74, 6) is -1.09. The molecular weight excluding hydrogens is 318 g/mol. The Morgan fingerprint density at radius 2 is 1.71 bits per heavy atom. The van der Waals surface area contributed by atoms with Crippen molar-refractivity contribution in [3.63, 3.8) is 0 Å². The maximum absolute atomic E-state index is 13.2. The summed E-state index contributed by atoms with van der Waals surface area (Å²) in [4.78, 5) is 12.2. The van der Waals surface area contributed by atoms with Crippen molar-refractivity contribution >= 4 is 17.3 Å². The van der Waals surface area contributed by atoms with E-state index >= 15 is 0 Å². The lowest BCUT2D eigenvalue weighted by Crippen LogP contribution is -2.32. The second-order valence-electron chi connectivity index (χ2n) is 5.34. The van der Waals surface area contributed by atoms with Crippen LogP contribution in [0.1, 0.15) is 6.92 Å². The number of hydrogen-bond donors (Lipinski definition) is 2. The number of ether oxygens (including phenoxy) is 2. The van der Waals surface area contributed by atoms with Crippen molar-refractivity contribution < 1.29 is 23.0 Å². The summed E-state index contributed by atoms with van der Waals surface area (Å²) < 4.78 is 37.0. The van der Waals surface area contributed by atoms with Gasteiger partial charge in [0.15, 0.2) is 23.1 Å². The molecule has 2 aromatic carbocycles. The van der Waals surface area contributed by atoms with Crippen LogP contribution in [0.2, 0.25) is 0 Å². The number of amides is 1. The summed E-state index contributed by atoms with van der Waals surface area (Å²) in [5, 5.41) is 5.55. The van der Waals surface area contributed by atoms with Gasteiger partial charge in [-0.25, -0.2) is 8.78 Å². The number of hydrogen-bond acceptors (Lipinski definition) is 4. The molecule has 1 aliphatic rings. The smallest absolute Gasteiger partial charge is 0.246 e. The van der Waals surface area contributed by atoms with Crippen molar-refractivity contribution in [2.75, 3.05) is 23.8 Å². The van der Waals surface area contributed by atoms with Crippen LogP contribution >= 0.6 is 0 Å². The van der Waals surface area contributed by atoms with E-state index in [0.29, 0.717) is 30.4 Å². The molecule has 0 saturated heterocycles. The standard InChI is InChI=1S/C17H16F2N2O3/c1-10(17(22)21-11-2-4-13(18)14(19)8-11)20-12-3-5-15-16(9-12)24-7-6-23-15/h2-5,8-10,20H,6-7H2,1H3,(H,21,22). The van der Waals surface area contributed by atoms with Gasteiger partial charge in [0.2, 0.25) is 5.91 Å². The van der Waals surface area contributed by atoms with Crippen LogP contribution in [0.5, 0.6) is 11.5 Å². The Morgan fingerprint density at radius 1 is 1.00 bits per heavy atom. The first-order valence-electron chi connectivity index (χ1n) is 7.45. The topological polar surface area (TPSA) is 59.6 Å². The normalized spacial score (nSPS) is 14.0. The van der Waals surface area contributed by atoms with Gasteiger partial charge in [-0.05, 0) is 31.2 Å². The molecule has 1 heterocycles. The quantitative estimate of drug-likeness (QED) is 0.902. The Labute approximate surface area is 137 Å². The number of carbonyl (C=O) groups excluding carboxylic acids is 1. The van der Waals surface area contributed by atoms with Crippen LogP contribution in [0.4, 0.5) is 20.2 Å². The summed E-state index contributed by atoms with van der Waals surface area (Å²) in [5.41, 5.74) is 0.877. The van der Waals surface area contributed by atoms with Gasteiger partial charge in [-0.3, -0.25) is 4.79 Å². The molecule has 0 spiro atoms. The Morgan fingerprint density at radius 3 is 2.46 bits per heavy atom. The Bertz CT molecular complexity index is 767. The van der Waals surface area contributed by atoms with Crippen molar-refractivity contribution in [1.29, 1.82) is 0 Å². The van der Waals surface area contributed by atoms with Crippen LogP contribution in [0.25, 0.3) is 0 Å². The molecule has 1 amide bonds. The summed E-state index contributed by atoms with van der Waals surface area (Å²) >= 11 is 0. The molecule has 0 saturated carbocycles. The maximum Gasteiger partial charge on any atom is 0.246 e. The van der Waals surface area contributed by atoms with Crippen molar-refractivity contribution in [2.45, 2.75) is 13.0 Å². The van der Waals surface area contributed by atoms with E-state index in [-0.39, 0.29) is 11.6 Å². The molecule has 24 heavy (non-hydrogen) atoms. The molecule has 0 aromatic heterocycles. The summed E-state index contributed by atoms with van der Waals surface area (Å²) in [7, 11) is 0. The van der Waals surface area contributed by atoms with Gasteiger partial charge in [0.05, 0.1) is 0 Å². The van der Waals surface area contributed by atoms with Gasteiger partial charge in [-0.15, -0.1) is 0 Å². The highest BCUT2D eigenvalue weighted by Gasteiger charge is 2.16. The number of anilines is 2. The van der Waals surface area contributed by atoms with Crippen molar-refractivity contribution in [1.82, 2.24) is 0 Å². The van der Waals surface area contributed by atoms with Gasteiger partial charge >= 0.3 is 0 Å². The second-order valence-corrected chi connectivity index (χ2v) is 5.34. The van der Waals surface area contributed by atoms with E-state index < -0.39 is 17.7 Å². The van der Waals surface area contributed by atoms with Gasteiger partial charge in [-0.1, -0.05) is 0 Å². The fraction of sp³-hybridized carbons (Fsp3) is 0.235. The number of halogens is 2. The minimum atomic E-state index is -1.01. The van der Waals surface area contributed by atoms with E-state index in [9.17, 15) is 13.6 Å². The third-order valence-electron chi connectivity index (χ3n) is 3.51. The molecule has 1 atom stereocenters. The summed E-state index contributed by atoms with van der Waals surface area (Å²) in [6, 6.07) is 7.88. The van der Waals surface area contributed by atoms with Crippen LogP contribution in [-0.4, -0.2) is 25.2 Å². The van der Waals surface area contributed by atoms with Crippen molar-refractivity contribution in [3.05, 3.63) is 48.0 Å². The third kappa shape index (κ3) is 3.56. The van der Waals surface area contributed by atoms with Crippen LogP contribution < -0.4 is 20.1 Å². The van der Waals surface area contributed by atoms with Crippen molar-refractivity contribution in [3.8, 4) is 11.5 Å². The summed E-state index contributed by atoms with van der Waals surface area (Å²) in [6.07, 6.45) is 0. The lowest BCUT2D eigenvalue weighted by Gasteiger charge is -2.20. The Kier molecular flexibility index (Phi) is 4.50. The molecule has 7 heteroatoms. The van der Waals surface area contributed by atoms with E-state index in [0.717, 1.165) is 12.1 Å².